The molecule has 0 saturated heterocycles. The fraction of sp³-hybridized carbons (Fsp3) is 0.250. The number of hydrogen-bond acceptors (Lipinski definition) is 2. The summed E-state index contributed by atoms with van der Waals surface area (Å²) in [5, 5.41) is 16.5. The van der Waals surface area contributed by atoms with Crippen molar-refractivity contribution in [2.75, 3.05) is 0 Å². The molecule has 34 heavy (non-hydrogen) atoms. The van der Waals surface area contributed by atoms with Crippen LogP contribution in [0.3, 0.4) is 0 Å². The maximum Gasteiger partial charge on any atom is 0.0998 e. The lowest BCUT2D eigenvalue weighted by Gasteiger charge is -2.15. The van der Waals surface area contributed by atoms with Gasteiger partial charge in [0.25, 0.3) is 0 Å². The van der Waals surface area contributed by atoms with Gasteiger partial charge in [0.2, 0.25) is 0 Å². The first-order valence-corrected chi connectivity index (χ1v) is 12.2. The molecule has 0 aliphatic carbocycles. The third-order valence-electron chi connectivity index (χ3n) is 6.52. The van der Waals surface area contributed by atoms with Gasteiger partial charge in [0.1, 0.15) is 0 Å². The Kier molecular flexibility index (Phi) is 5.80. The largest absolute Gasteiger partial charge is 0.256 e. The third-order valence-corrected chi connectivity index (χ3v) is 6.52. The summed E-state index contributed by atoms with van der Waals surface area (Å²) in [6.45, 7) is 9.09. The molecular formula is C32H30N2. The first-order valence-electron chi connectivity index (χ1n) is 12.2. The molecule has 5 rings (SSSR count). The second-order valence-electron chi connectivity index (χ2n) is 10.2. The van der Waals surface area contributed by atoms with Gasteiger partial charge in [0, 0.05) is 22.5 Å². The zero-order chi connectivity index (χ0) is 23.8. The molecular weight excluding hydrogens is 412 g/mol. The summed E-state index contributed by atoms with van der Waals surface area (Å²) in [6, 6.07) is 26.1. The van der Waals surface area contributed by atoms with E-state index in [1.807, 2.05) is 30.5 Å². The topological polar surface area (TPSA) is 36.7 Å². The molecule has 0 bridgehead atoms. The molecule has 1 heterocycles. The maximum atomic E-state index is 9.84. The average molecular weight is 443 g/mol. The molecule has 4 aromatic carbocycles. The van der Waals surface area contributed by atoms with Gasteiger partial charge in [-0.15, -0.1) is 0 Å². The molecule has 0 N–H and O–H groups in total. The lowest BCUT2D eigenvalue weighted by Crippen LogP contribution is -2.00. The van der Waals surface area contributed by atoms with Crippen LogP contribution in [0.1, 0.15) is 44.4 Å². The fourth-order valence-electron chi connectivity index (χ4n) is 5.24. The lowest BCUT2D eigenvalue weighted by atomic mass is 9.91. The second-order valence-corrected chi connectivity index (χ2v) is 10.2. The normalized spacial score (nSPS) is 11.7. The van der Waals surface area contributed by atoms with Crippen molar-refractivity contribution in [1.29, 1.82) is 5.26 Å². The number of nitrogens with zero attached hydrogens (tertiary/aromatic N) is 2. The van der Waals surface area contributed by atoms with Crippen molar-refractivity contribution < 1.29 is 0 Å². The Morgan fingerprint density at radius 3 is 1.91 bits per heavy atom. The van der Waals surface area contributed by atoms with Crippen LogP contribution >= 0.6 is 0 Å². The number of fused-ring (bicyclic) bond motifs is 5. The van der Waals surface area contributed by atoms with Crippen LogP contribution in [0.5, 0.6) is 0 Å². The van der Waals surface area contributed by atoms with Crippen molar-refractivity contribution in [2.45, 2.75) is 40.5 Å². The molecule has 2 heteroatoms. The standard InChI is InChI=1S/C32H30N2/c1-20(2)13-22-15-23(14-21(3)4)17-24(16-22)32-30-10-9-28-27-8-6-5-7-26(27)25(19-33)18-31(28)29(30)11-12-34-32/h5-12,15-18,20-21H,13-14H2,1-4H3. The van der Waals surface area contributed by atoms with Gasteiger partial charge in [-0.25, -0.2) is 0 Å². The van der Waals surface area contributed by atoms with E-state index in [4.69, 9.17) is 4.98 Å². The third kappa shape index (κ3) is 4.03. The predicted octanol–water partition coefficient (Wildman–Crippen LogP) is 8.48. The minimum Gasteiger partial charge on any atom is -0.256 e. The number of hydrogen-bond donors (Lipinski definition) is 0. The second kappa shape index (κ2) is 8.92. The SMILES string of the molecule is CC(C)Cc1cc(CC(C)C)cc(-c2nccc3c2ccc2c4ccccc4c(C#N)cc32)c1. The van der Waals surface area contributed by atoms with Crippen molar-refractivity contribution in [2.24, 2.45) is 11.8 Å². The van der Waals surface area contributed by atoms with Crippen molar-refractivity contribution in [3.05, 3.63) is 89.6 Å². The van der Waals surface area contributed by atoms with Crippen LogP contribution in [0.4, 0.5) is 0 Å². The number of rotatable bonds is 5. The minimum absolute atomic E-state index is 0.601. The quantitative estimate of drug-likeness (QED) is 0.256. The molecule has 1 aromatic heterocycles. The molecule has 0 unspecified atom stereocenters. The summed E-state index contributed by atoms with van der Waals surface area (Å²) < 4.78 is 0. The highest BCUT2D eigenvalue weighted by Crippen LogP contribution is 2.37. The smallest absolute Gasteiger partial charge is 0.0998 e. The molecule has 168 valence electrons. The van der Waals surface area contributed by atoms with E-state index in [9.17, 15) is 5.26 Å². The van der Waals surface area contributed by atoms with Gasteiger partial charge in [0.15, 0.2) is 0 Å². The summed E-state index contributed by atoms with van der Waals surface area (Å²) in [6.07, 6.45) is 4.03. The van der Waals surface area contributed by atoms with Crippen LogP contribution in [-0.2, 0) is 12.8 Å². The van der Waals surface area contributed by atoms with Crippen LogP contribution in [0.15, 0.2) is 72.9 Å². The summed E-state index contributed by atoms with van der Waals surface area (Å²) >= 11 is 0. The van der Waals surface area contributed by atoms with Gasteiger partial charge in [-0.3, -0.25) is 4.98 Å². The number of benzene rings is 4. The Morgan fingerprint density at radius 1 is 0.676 bits per heavy atom. The van der Waals surface area contributed by atoms with Crippen molar-refractivity contribution in [3.63, 3.8) is 0 Å². The van der Waals surface area contributed by atoms with E-state index in [0.717, 1.165) is 45.5 Å². The van der Waals surface area contributed by atoms with Crippen molar-refractivity contribution in [3.8, 4) is 17.3 Å². The van der Waals surface area contributed by atoms with Crippen LogP contribution in [0, 0.1) is 23.2 Å². The average Bonchev–Trinajstić information content (AvgIpc) is 2.81. The summed E-state index contributed by atoms with van der Waals surface area (Å²) in [5.41, 5.74) is 5.66. The van der Waals surface area contributed by atoms with Crippen LogP contribution in [0.25, 0.3) is 43.6 Å². The molecule has 0 aliphatic rings. The van der Waals surface area contributed by atoms with Gasteiger partial charge in [-0.2, -0.15) is 5.26 Å². The molecule has 0 amide bonds. The highest BCUT2D eigenvalue weighted by molar-refractivity contribution is 6.20. The Morgan fingerprint density at radius 2 is 1.26 bits per heavy atom. The van der Waals surface area contributed by atoms with E-state index in [-0.39, 0.29) is 0 Å². The van der Waals surface area contributed by atoms with Gasteiger partial charge in [-0.05, 0) is 81.6 Å². The van der Waals surface area contributed by atoms with E-state index < -0.39 is 0 Å². The molecule has 0 aliphatic heterocycles. The van der Waals surface area contributed by atoms with E-state index >= 15 is 0 Å². The van der Waals surface area contributed by atoms with E-state index in [2.05, 4.69) is 76.2 Å². The Hall–Kier alpha value is -3.70. The van der Waals surface area contributed by atoms with Crippen LogP contribution < -0.4 is 0 Å². The first kappa shape index (κ1) is 22.1. The summed E-state index contributed by atoms with van der Waals surface area (Å²) in [7, 11) is 0. The Balaban J connectivity index is 1.78. The highest BCUT2D eigenvalue weighted by atomic mass is 14.7. The Labute approximate surface area is 201 Å². The minimum atomic E-state index is 0.601. The Bertz CT molecular complexity index is 1540. The molecule has 0 radical (unpaired) electrons. The lowest BCUT2D eigenvalue weighted by molar-refractivity contribution is 0.636. The van der Waals surface area contributed by atoms with Gasteiger partial charge >= 0.3 is 0 Å². The monoisotopic (exact) mass is 442 g/mol. The van der Waals surface area contributed by atoms with Crippen molar-refractivity contribution >= 4 is 32.3 Å². The van der Waals surface area contributed by atoms with E-state index in [0.29, 0.717) is 17.4 Å². The molecule has 5 aromatic rings. The maximum absolute atomic E-state index is 9.84. The molecule has 0 atom stereocenters. The van der Waals surface area contributed by atoms with E-state index in [1.54, 1.807) is 0 Å². The summed E-state index contributed by atoms with van der Waals surface area (Å²) in [4.78, 5) is 4.86. The van der Waals surface area contributed by atoms with Crippen LogP contribution in [-0.4, -0.2) is 4.98 Å². The van der Waals surface area contributed by atoms with E-state index in [1.165, 1.54) is 22.1 Å². The fourth-order valence-corrected chi connectivity index (χ4v) is 5.24. The number of nitriles is 1. The molecule has 2 nitrogen and oxygen atoms in total. The predicted molar refractivity (Wildman–Crippen MR) is 144 cm³/mol. The molecule has 0 fully saturated rings. The first-order chi connectivity index (χ1) is 16.4. The molecule has 0 spiro atoms. The van der Waals surface area contributed by atoms with Crippen molar-refractivity contribution in [1.82, 2.24) is 4.98 Å². The van der Waals surface area contributed by atoms with Gasteiger partial charge < -0.3 is 0 Å². The highest BCUT2D eigenvalue weighted by Gasteiger charge is 2.14. The zero-order valence-electron chi connectivity index (χ0n) is 20.4. The number of aromatic nitrogens is 1. The van der Waals surface area contributed by atoms with Crippen LogP contribution in [0.2, 0.25) is 0 Å². The summed E-state index contributed by atoms with van der Waals surface area (Å²) in [5.74, 6) is 1.20. The number of pyridine rings is 1. The zero-order valence-corrected chi connectivity index (χ0v) is 20.4. The molecule has 0 saturated carbocycles. The van der Waals surface area contributed by atoms with Gasteiger partial charge in [-0.1, -0.05) is 70.2 Å². The van der Waals surface area contributed by atoms with Gasteiger partial charge in [0.05, 0.1) is 17.3 Å².